The van der Waals surface area contributed by atoms with Crippen molar-refractivity contribution >= 4 is 39.1 Å². The molecule has 0 aliphatic rings. The van der Waals surface area contributed by atoms with Crippen LogP contribution < -0.4 is 15.4 Å². The molecule has 11 heteroatoms. The summed E-state index contributed by atoms with van der Waals surface area (Å²) in [6.07, 6.45) is -5.52. The summed E-state index contributed by atoms with van der Waals surface area (Å²) in [5.41, 5.74) is -0.802. The van der Waals surface area contributed by atoms with Crippen molar-refractivity contribution in [2.24, 2.45) is 0 Å². The average molecular weight is 495 g/mol. The highest BCUT2D eigenvalue weighted by molar-refractivity contribution is 9.11. The number of benzene rings is 1. The number of carbonyl (C=O) groups is 2. The van der Waals surface area contributed by atoms with Crippen LogP contribution in [-0.4, -0.2) is 42.2 Å². The van der Waals surface area contributed by atoms with Crippen LogP contribution in [0.2, 0.25) is 0 Å². The number of aliphatic hydroxyl groups is 1. The van der Waals surface area contributed by atoms with E-state index >= 15 is 0 Å². The first-order valence-electron chi connectivity index (χ1n) is 8.38. The van der Waals surface area contributed by atoms with Crippen LogP contribution in [0.15, 0.2) is 40.2 Å². The maximum Gasteiger partial charge on any atom is 0.416 e. The molecule has 2 rings (SSSR count). The third-order valence-electron chi connectivity index (χ3n) is 3.67. The van der Waals surface area contributed by atoms with Crippen molar-refractivity contribution in [1.29, 1.82) is 0 Å². The summed E-state index contributed by atoms with van der Waals surface area (Å²) in [6, 6.07) is 6.56. The molecule has 158 valence electrons. The molecule has 0 saturated heterocycles. The average Bonchev–Trinajstić information content (AvgIpc) is 3.10. The van der Waals surface area contributed by atoms with Crippen molar-refractivity contribution in [2.75, 3.05) is 13.2 Å². The monoisotopic (exact) mass is 494 g/mol. The summed E-state index contributed by atoms with van der Waals surface area (Å²) in [4.78, 5) is 24.5. The van der Waals surface area contributed by atoms with Gasteiger partial charge in [0.15, 0.2) is 0 Å². The van der Waals surface area contributed by atoms with Gasteiger partial charge in [-0.3, -0.25) is 9.59 Å². The summed E-state index contributed by atoms with van der Waals surface area (Å²) in [5, 5.41) is 14.9. The second-order valence-corrected chi connectivity index (χ2v) is 8.49. The van der Waals surface area contributed by atoms with E-state index in [9.17, 15) is 27.9 Å². The number of amides is 2. The minimum absolute atomic E-state index is 0.149. The highest BCUT2D eigenvalue weighted by Crippen LogP contribution is 2.30. The van der Waals surface area contributed by atoms with E-state index in [4.69, 9.17) is 4.74 Å². The van der Waals surface area contributed by atoms with Gasteiger partial charge in [0.05, 0.1) is 14.2 Å². The van der Waals surface area contributed by atoms with E-state index in [0.29, 0.717) is 4.88 Å². The molecule has 2 unspecified atom stereocenters. The number of thiophene rings is 1. The van der Waals surface area contributed by atoms with E-state index in [1.165, 1.54) is 18.3 Å². The van der Waals surface area contributed by atoms with Gasteiger partial charge in [0.1, 0.15) is 24.5 Å². The zero-order valence-electron chi connectivity index (χ0n) is 15.1. The molecule has 1 aromatic carbocycles. The van der Waals surface area contributed by atoms with Gasteiger partial charge in [-0.25, -0.2) is 0 Å². The van der Waals surface area contributed by atoms with Gasteiger partial charge >= 0.3 is 6.18 Å². The minimum Gasteiger partial charge on any atom is -0.491 e. The Morgan fingerprint density at radius 2 is 1.86 bits per heavy atom. The van der Waals surface area contributed by atoms with Crippen molar-refractivity contribution in [3.05, 3.63) is 50.6 Å². The van der Waals surface area contributed by atoms with Gasteiger partial charge in [-0.05, 0) is 59.3 Å². The van der Waals surface area contributed by atoms with Crippen LogP contribution in [0.25, 0.3) is 0 Å². The molecule has 1 aromatic heterocycles. The maximum atomic E-state index is 12.5. The second-order valence-electron chi connectivity index (χ2n) is 6.03. The zero-order valence-corrected chi connectivity index (χ0v) is 17.5. The number of nitrogens with one attached hydrogen (secondary N) is 2. The summed E-state index contributed by atoms with van der Waals surface area (Å²) in [7, 11) is 0. The molecule has 2 atom stereocenters. The fourth-order valence-electron chi connectivity index (χ4n) is 2.13. The fourth-order valence-corrected chi connectivity index (χ4v) is 3.42. The maximum absolute atomic E-state index is 12.5. The number of carbonyl (C=O) groups excluding carboxylic acids is 2. The first-order valence-corrected chi connectivity index (χ1v) is 9.99. The number of rotatable bonds is 8. The van der Waals surface area contributed by atoms with E-state index in [1.54, 1.807) is 12.1 Å². The van der Waals surface area contributed by atoms with Crippen molar-refractivity contribution in [1.82, 2.24) is 10.6 Å². The van der Waals surface area contributed by atoms with Crippen LogP contribution in [0.4, 0.5) is 13.2 Å². The van der Waals surface area contributed by atoms with E-state index in [-0.39, 0.29) is 18.9 Å². The molecule has 0 saturated carbocycles. The molecule has 6 nitrogen and oxygen atoms in total. The standard InChI is InChI=1S/C18H18BrF3N2O4S/c1-10(24-17(27)14-6-7-15(19)29-14)16(26)23-8-12(25)9-28-13-4-2-11(3-5-13)18(20,21)22/h2-7,10,12,25H,8-9H2,1H3,(H,23,26)(H,24,27). The molecular formula is C18H18BrF3N2O4S. The van der Waals surface area contributed by atoms with Crippen LogP contribution in [0.1, 0.15) is 22.2 Å². The largest absolute Gasteiger partial charge is 0.491 e. The number of ether oxygens (including phenoxy) is 1. The van der Waals surface area contributed by atoms with Gasteiger partial charge in [-0.2, -0.15) is 13.2 Å². The number of alkyl halides is 3. The van der Waals surface area contributed by atoms with Gasteiger partial charge in [0.25, 0.3) is 5.91 Å². The fraction of sp³-hybridized carbons (Fsp3) is 0.333. The van der Waals surface area contributed by atoms with Crippen molar-refractivity contribution < 1.29 is 32.6 Å². The highest BCUT2D eigenvalue weighted by Gasteiger charge is 2.30. The molecule has 2 amide bonds. The predicted octanol–water partition coefficient (Wildman–Crippen LogP) is 3.20. The molecule has 0 spiro atoms. The molecule has 3 N–H and O–H groups in total. The molecule has 29 heavy (non-hydrogen) atoms. The Labute approximate surface area is 177 Å². The quantitative estimate of drug-likeness (QED) is 0.525. The van der Waals surface area contributed by atoms with Crippen LogP contribution >= 0.6 is 27.3 Å². The topological polar surface area (TPSA) is 87.7 Å². The van der Waals surface area contributed by atoms with Crippen molar-refractivity contribution in [2.45, 2.75) is 25.2 Å². The lowest BCUT2D eigenvalue weighted by Crippen LogP contribution is -2.47. The number of hydrogen-bond donors (Lipinski definition) is 3. The lowest BCUT2D eigenvalue weighted by molar-refractivity contribution is -0.137. The molecule has 2 aromatic rings. The van der Waals surface area contributed by atoms with Gasteiger partial charge in [0.2, 0.25) is 5.91 Å². The number of halogens is 4. The Bertz CT molecular complexity index is 842. The lowest BCUT2D eigenvalue weighted by atomic mass is 10.2. The third-order valence-corrected chi connectivity index (χ3v) is 5.30. The SMILES string of the molecule is CC(NC(=O)c1ccc(Br)s1)C(=O)NCC(O)COc1ccc(C(F)(F)F)cc1. The summed E-state index contributed by atoms with van der Waals surface area (Å²) in [6.45, 7) is 1.13. The molecule has 0 aliphatic carbocycles. The number of aliphatic hydroxyl groups excluding tert-OH is 1. The highest BCUT2D eigenvalue weighted by atomic mass is 79.9. The van der Waals surface area contributed by atoms with E-state index in [0.717, 1.165) is 28.1 Å². The van der Waals surface area contributed by atoms with Crippen LogP contribution in [0.5, 0.6) is 5.75 Å². The minimum atomic E-state index is -4.44. The van der Waals surface area contributed by atoms with E-state index in [2.05, 4.69) is 26.6 Å². The Morgan fingerprint density at radius 3 is 2.41 bits per heavy atom. The second kappa shape index (κ2) is 10.1. The smallest absolute Gasteiger partial charge is 0.416 e. The Balaban J connectivity index is 1.73. The molecule has 0 radical (unpaired) electrons. The predicted molar refractivity (Wildman–Crippen MR) is 105 cm³/mol. The lowest BCUT2D eigenvalue weighted by Gasteiger charge is -2.17. The van der Waals surface area contributed by atoms with Gasteiger partial charge < -0.3 is 20.5 Å². The molecule has 0 aliphatic heterocycles. The number of hydrogen-bond acceptors (Lipinski definition) is 5. The first kappa shape index (κ1) is 23.2. The zero-order chi connectivity index (χ0) is 21.6. The Hall–Kier alpha value is -2.11. The normalized spacial score (nSPS) is 13.4. The van der Waals surface area contributed by atoms with Crippen molar-refractivity contribution in [3.63, 3.8) is 0 Å². The molecule has 0 fully saturated rings. The third kappa shape index (κ3) is 7.33. The molecule has 1 heterocycles. The van der Waals surface area contributed by atoms with Crippen LogP contribution in [0.3, 0.4) is 0 Å². The summed E-state index contributed by atoms with van der Waals surface area (Å²) < 4.78 is 43.5. The van der Waals surface area contributed by atoms with E-state index < -0.39 is 35.7 Å². The van der Waals surface area contributed by atoms with Crippen LogP contribution in [-0.2, 0) is 11.0 Å². The molecule has 0 bridgehead atoms. The van der Waals surface area contributed by atoms with Gasteiger partial charge in [0, 0.05) is 6.54 Å². The van der Waals surface area contributed by atoms with Crippen molar-refractivity contribution in [3.8, 4) is 5.75 Å². The van der Waals surface area contributed by atoms with Gasteiger partial charge in [-0.15, -0.1) is 11.3 Å². The Morgan fingerprint density at radius 1 is 1.21 bits per heavy atom. The summed E-state index contributed by atoms with van der Waals surface area (Å²) >= 11 is 4.48. The Kier molecular flexibility index (Phi) is 8.05. The molecular weight excluding hydrogens is 477 g/mol. The first-order chi connectivity index (χ1) is 13.6. The summed E-state index contributed by atoms with van der Waals surface area (Å²) in [5.74, 6) is -0.733. The van der Waals surface area contributed by atoms with Crippen LogP contribution in [0, 0.1) is 0 Å². The van der Waals surface area contributed by atoms with Gasteiger partial charge in [-0.1, -0.05) is 0 Å². The van der Waals surface area contributed by atoms with E-state index in [1.807, 2.05) is 0 Å².